The standard InChI is InChI=1S/C20H34N4O2.HI/c1-5-11-20(26,12-6-2)15-23-19(21-7-3)22-14-17-9-8-10-18(13-17)24-16(4)25;/h8-10,13,26H,5-7,11-12,14-15H2,1-4H3,(H,24,25)(H2,21,22,23);1H. The van der Waals surface area contributed by atoms with E-state index in [0.717, 1.165) is 43.5 Å². The fourth-order valence-corrected chi connectivity index (χ4v) is 2.94. The largest absolute Gasteiger partial charge is 0.388 e. The lowest BCUT2D eigenvalue weighted by atomic mass is 9.93. The van der Waals surface area contributed by atoms with Crippen molar-refractivity contribution >= 4 is 41.5 Å². The number of hydrogen-bond acceptors (Lipinski definition) is 3. The number of aliphatic hydroxyl groups is 1. The Hall–Kier alpha value is -1.35. The predicted molar refractivity (Wildman–Crippen MR) is 124 cm³/mol. The molecule has 0 radical (unpaired) electrons. The molecule has 1 rings (SSSR count). The van der Waals surface area contributed by atoms with Gasteiger partial charge in [-0.2, -0.15) is 0 Å². The molecule has 0 aliphatic carbocycles. The number of amides is 1. The van der Waals surface area contributed by atoms with Gasteiger partial charge in [-0.3, -0.25) is 4.79 Å². The van der Waals surface area contributed by atoms with Crippen molar-refractivity contribution in [2.75, 3.05) is 18.4 Å². The first kappa shape index (κ1) is 25.6. The van der Waals surface area contributed by atoms with Gasteiger partial charge in [-0.15, -0.1) is 24.0 Å². The second-order valence-corrected chi connectivity index (χ2v) is 6.65. The first-order chi connectivity index (χ1) is 12.4. The second kappa shape index (κ2) is 13.8. The molecule has 0 saturated carbocycles. The van der Waals surface area contributed by atoms with E-state index in [2.05, 4.69) is 34.8 Å². The molecule has 4 N–H and O–H groups in total. The molecule has 0 aliphatic heterocycles. The molecule has 0 aliphatic rings. The maximum Gasteiger partial charge on any atom is 0.221 e. The van der Waals surface area contributed by atoms with Crippen LogP contribution in [0.2, 0.25) is 0 Å². The molecule has 1 aromatic carbocycles. The summed E-state index contributed by atoms with van der Waals surface area (Å²) >= 11 is 0. The molecule has 0 fully saturated rings. The van der Waals surface area contributed by atoms with Crippen molar-refractivity contribution in [2.45, 2.75) is 65.5 Å². The molecule has 0 unspecified atom stereocenters. The number of carbonyl (C=O) groups excluding carboxylic acids is 1. The summed E-state index contributed by atoms with van der Waals surface area (Å²) in [5, 5.41) is 20.0. The molecule has 154 valence electrons. The zero-order valence-electron chi connectivity index (χ0n) is 17.0. The first-order valence-electron chi connectivity index (χ1n) is 9.53. The third kappa shape index (κ3) is 10.5. The fourth-order valence-electron chi connectivity index (χ4n) is 2.94. The molecule has 6 nitrogen and oxygen atoms in total. The molecule has 0 heterocycles. The lowest BCUT2D eigenvalue weighted by Crippen LogP contribution is -2.47. The van der Waals surface area contributed by atoms with Gasteiger partial charge in [-0.1, -0.05) is 38.8 Å². The van der Waals surface area contributed by atoms with E-state index in [1.54, 1.807) is 0 Å². The van der Waals surface area contributed by atoms with Crippen LogP contribution in [-0.2, 0) is 11.3 Å². The Kier molecular flexibility index (Phi) is 13.1. The van der Waals surface area contributed by atoms with Gasteiger partial charge in [0.05, 0.1) is 12.1 Å². The second-order valence-electron chi connectivity index (χ2n) is 6.65. The van der Waals surface area contributed by atoms with E-state index < -0.39 is 5.60 Å². The van der Waals surface area contributed by atoms with Crippen molar-refractivity contribution < 1.29 is 9.90 Å². The lowest BCUT2D eigenvalue weighted by molar-refractivity contribution is -0.114. The quantitative estimate of drug-likeness (QED) is 0.229. The number of nitrogens with zero attached hydrogens (tertiary/aromatic N) is 1. The van der Waals surface area contributed by atoms with Crippen molar-refractivity contribution in [1.82, 2.24) is 10.6 Å². The highest BCUT2D eigenvalue weighted by Crippen LogP contribution is 2.18. The van der Waals surface area contributed by atoms with Crippen LogP contribution in [0, 0.1) is 0 Å². The van der Waals surface area contributed by atoms with Gasteiger partial charge in [0.1, 0.15) is 0 Å². The predicted octanol–water partition coefficient (Wildman–Crippen LogP) is 3.65. The van der Waals surface area contributed by atoms with Gasteiger partial charge in [-0.05, 0) is 37.5 Å². The minimum absolute atomic E-state index is 0. The van der Waals surface area contributed by atoms with Gasteiger partial charge in [0.2, 0.25) is 5.91 Å². The van der Waals surface area contributed by atoms with Crippen LogP contribution in [0.5, 0.6) is 0 Å². The maximum absolute atomic E-state index is 11.2. The average molecular weight is 490 g/mol. The van der Waals surface area contributed by atoms with Crippen molar-refractivity contribution in [2.24, 2.45) is 4.99 Å². The van der Waals surface area contributed by atoms with E-state index in [1.165, 1.54) is 6.92 Å². The Morgan fingerprint density at radius 3 is 2.37 bits per heavy atom. The van der Waals surface area contributed by atoms with Crippen LogP contribution < -0.4 is 16.0 Å². The molecule has 0 aromatic heterocycles. The summed E-state index contributed by atoms with van der Waals surface area (Å²) in [5.41, 5.74) is 1.07. The van der Waals surface area contributed by atoms with E-state index in [9.17, 15) is 9.90 Å². The Labute approximate surface area is 180 Å². The van der Waals surface area contributed by atoms with E-state index in [0.29, 0.717) is 19.0 Å². The lowest BCUT2D eigenvalue weighted by Gasteiger charge is -2.28. The Balaban J connectivity index is 0.00000676. The maximum atomic E-state index is 11.2. The van der Waals surface area contributed by atoms with E-state index in [1.807, 2.05) is 31.2 Å². The zero-order chi connectivity index (χ0) is 19.4. The number of benzene rings is 1. The van der Waals surface area contributed by atoms with Crippen LogP contribution in [0.1, 0.15) is 58.9 Å². The van der Waals surface area contributed by atoms with E-state index >= 15 is 0 Å². The van der Waals surface area contributed by atoms with Gasteiger partial charge in [0.25, 0.3) is 0 Å². The summed E-state index contributed by atoms with van der Waals surface area (Å²) < 4.78 is 0. The summed E-state index contributed by atoms with van der Waals surface area (Å²) in [6.45, 7) is 9.39. The van der Waals surface area contributed by atoms with Crippen LogP contribution in [0.15, 0.2) is 29.3 Å². The fraction of sp³-hybridized carbons (Fsp3) is 0.600. The molecule has 1 aromatic rings. The normalized spacial score (nSPS) is 11.5. The molecule has 1 amide bonds. The van der Waals surface area contributed by atoms with Gasteiger partial charge >= 0.3 is 0 Å². The summed E-state index contributed by atoms with van der Waals surface area (Å²) in [5.74, 6) is 0.592. The average Bonchev–Trinajstić information content (AvgIpc) is 2.57. The van der Waals surface area contributed by atoms with Crippen molar-refractivity contribution in [3.05, 3.63) is 29.8 Å². The van der Waals surface area contributed by atoms with Gasteiger partial charge < -0.3 is 21.1 Å². The number of aliphatic imine (C=N–C) groups is 1. The molecule has 0 saturated heterocycles. The van der Waals surface area contributed by atoms with Crippen LogP contribution in [0.25, 0.3) is 0 Å². The smallest absolute Gasteiger partial charge is 0.221 e. The monoisotopic (exact) mass is 490 g/mol. The number of rotatable bonds is 10. The minimum atomic E-state index is -0.703. The summed E-state index contributed by atoms with van der Waals surface area (Å²) in [4.78, 5) is 15.8. The number of hydrogen-bond donors (Lipinski definition) is 4. The summed E-state index contributed by atoms with van der Waals surface area (Å²) in [6.07, 6.45) is 3.43. The zero-order valence-corrected chi connectivity index (χ0v) is 19.3. The summed E-state index contributed by atoms with van der Waals surface area (Å²) in [6, 6.07) is 7.65. The van der Waals surface area contributed by atoms with E-state index in [4.69, 9.17) is 0 Å². The van der Waals surface area contributed by atoms with Crippen LogP contribution in [-0.4, -0.2) is 35.7 Å². The molecular weight excluding hydrogens is 455 g/mol. The van der Waals surface area contributed by atoms with Crippen molar-refractivity contribution in [1.29, 1.82) is 0 Å². The third-order valence-corrected chi connectivity index (χ3v) is 4.03. The number of nitrogens with one attached hydrogen (secondary N) is 3. The topological polar surface area (TPSA) is 85.8 Å². The molecule has 0 atom stereocenters. The Morgan fingerprint density at radius 1 is 1.15 bits per heavy atom. The Morgan fingerprint density at radius 2 is 1.81 bits per heavy atom. The first-order valence-corrected chi connectivity index (χ1v) is 9.53. The molecule has 7 heteroatoms. The highest BCUT2D eigenvalue weighted by atomic mass is 127. The molecule has 27 heavy (non-hydrogen) atoms. The van der Waals surface area contributed by atoms with Crippen molar-refractivity contribution in [3.63, 3.8) is 0 Å². The van der Waals surface area contributed by atoms with Gasteiger partial charge in [0, 0.05) is 25.7 Å². The molecule has 0 bridgehead atoms. The van der Waals surface area contributed by atoms with E-state index in [-0.39, 0.29) is 29.9 Å². The number of anilines is 1. The minimum Gasteiger partial charge on any atom is -0.388 e. The SMILES string of the molecule is CCCC(O)(CCC)CNC(=NCc1cccc(NC(C)=O)c1)NCC.I. The highest BCUT2D eigenvalue weighted by Gasteiger charge is 2.24. The number of guanidine groups is 1. The Bertz CT molecular complexity index is 587. The molecule has 0 spiro atoms. The highest BCUT2D eigenvalue weighted by molar-refractivity contribution is 14.0. The van der Waals surface area contributed by atoms with Crippen molar-refractivity contribution in [3.8, 4) is 0 Å². The third-order valence-electron chi connectivity index (χ3n) is 4.03. The van der Waals surface area contributed by atoms with Crippen LogP contribution >= 0.6 is 24.0 Å². The van der Waals surface area contributed by atoms with Gasteiger partial charge in [0.15, 0.2) is 5.96 Å². The van der Waals surface area contributed by atoms with Crippen LogP contribution in [0.4, 0.5) is 5.69 Å². The molecular formula is C20H35IN4O2. The summed E-state index contributed by atoms with van der Waals surface area (Å²) in [7, 11) is 0. The van der Waals surface area contributed by atoms with Crippen LogP contribution in [0.3, 0.4) is 0 Å². The number of halogens is 1. The van der Waals surface area contributed by atoms with Gasteiger partial charge in [-0.25, -0.2) is 4.99 Å². The number of carbonyl (C=O) groups is 1.